The summed E-state index contributed by atoms with van der Waals surface area (Å²) in [5.74, 6) is 0. The number of nitrogens with zero attached hydrogens (tertiary/aromatic N) is 1. The van der Waals surface area contributed by atoms with Gasteiger partial charge in [-0.1, -0.05) is 36.4 Å². The minimum absolute atomic E-state index is 0.774. The second kappa shape index (κ2) is 6.13. The SMILES string of the molecule is C=C(C)c1ccc(-c2cc(NOOC)ccn2)cc1. The Balaban J connectivity index is 2.23. The number of allylic oxidation sites excluding steroid dienone is 1. The Labute approximate surface area is 112 Å². The van der Waals surface area contributed by atoms with Gasteiger partial charge in [-0.15, -0.1) is 4.99 Å². The molecule has 1 aromatic heterocycles. The van der Waals surface area contributed by atoms with E-state index in [0.29, 0.717) is 0 Å². The van der Waals surface area contributed by atoms with Crippen LogP contribution in [0.2, 0.25) is 0 Å². The van der Waals surface area contributed by atoms with E-state index in [-0.39, 0.29) is 0 Å². The van der Waals surface area contributed by atoms with E-state index in [0.717, 1.165) is 28.1 Å². The van der Waals surface area contributed by atoms with E-state index >= 15 is 0 Å². The quantitative estimate of drug-likeness (QED) is 0.654. The van der Waals surface area contributed by atoms with Gasteiger partial charge >= 0.3 is 0 Å². The molecule has 1 heterocycles. The Morgan fingerprint density at radius 1 is 1.21 bits per heavy atom. The predicted octanol–water partition coefficient (Wildman–Crippen LogP) is 3.69. The maximum absolute atomic E-state index is 4.67. The normalized spacial score (nSPS) is 10.2. The second-order valence-electron chi connectivity index (χ2n) is 4.14. The highest BCUT2D eigenvalue weighted by Gasteiger charge is 2.02. The summed E-state index contributed by atoms with van der Waals surface area (Å²) in [5.41, 5.74) is 7.49. The molecule has 2 rings (SSSR count). The summed E-state index contributed by atoms with van der Waals surface area (Å²) in [6.07, 6.45) is 1.71. The monoisotopic (exact) mass is 256 g/mol. The van der Waals surface area contributed by atoms with Crippen molar-refractivity contribution in [1.82, 2.24) is 4.98 Å². The molecule has 19 heavy (non-hydrogen) atoms. The number of hydrogen-bond acceptors (Lipinski definition) is 4. The number of benzene rings is 1. The van der Waals surface area contributed by atoms with Crippen LogP contribution in [0, 0.1) is 0 Å². The molecule has 2 aromatic rings. The molecule has 0 saturated carbocycles. The van der Waals surface area contributed by atoms with E-state index in [9.17, 15) is 0 Å². The fraction of sp³-hybridized carbons (Fsp3) is 0.133. The van der Waals surface area contributed by atoms with E-state index in [1.165, 1.54) is 7.11 Å². The van der Waals surface area contributed by atoms with Crippen molar-refractivity contribution in [2.75, 3.05) is 12.6 Å². The molecule has 0 fully saturated rings. The summed E-state index contributed by atoms with van der Waals surface area (Å²) in [5, 5.41) is 0. The van der Waals surface area contributed by atoms with Crippen LogP contribution in [0.5, 0.6) is 0 Å². The fourth-order valence-corrected chi connectivity index (χ4v) is 1.67. The average Bonchev–Trinajstić information content (AvgIpc) is 2.45. The van der Waals surface area contributed by atoms with E-state index in [2.05, 4.69) is 26.9 Å². The molecule has 0 aliphatic heterocycles. The van der Waals surface area contributed by atoms with Gasteiger partial charge in [-0.25, -0.2) is 10.4 Å². The summed E-state index contributed by atoms with van der Waals surface area (Å²) in [6, 6.07) is 11.8. The van der Waals surface area contributed by atoms with Crippen LogP contribution in [0.1, 0.15) is 12.5 Å². The van der Waals surface area contributed by atoms with Crippen LogP contribution < -0.4 is 5.48 Å². The lowest BCUT2D eigenvalue weighted by molar-refractivity contribution is -0.248. The van der Waals surface area contributed by atoms with Gasteiger partial charge in [0.25, 0.3) is 0 Å². The summed E-state index contributed by atoms with van der Waals surface area (Å²) < 4.78 is 0. The highest BCUT2D eigenvalue weighted by atomic mass is 17.3. The van der Waals surface area contributed by atoms with Crippen molar-refractivity contribution < 1.29 is 9.88 Å². The molecular weight excluding hydrogens is 240 g/mol. The van der Waals surface area contributed by atoms with Crippen molar-refractivity contribution in [3.63, 3.8) is 0 Å². The first-order chi connectivity index (χ1) is 9.20. The van der Waals surface area contributed by atoms with Crippen LogP contribution in [0.15, 0.2) is 49.2 Å². The highest BCUT2D eigenvalue weighted by molar-refractivity contribution is 5.68. The number of anilines is 1. The van der Waals surface area contributed by atoms with Gasteiger partial charge in [-0.2, -0.15) is 0 Å². The molecule has 0 bridgehead atoms. The average molecular weight is 256 g/mol. The maximum Gasteiger partial charge on any atom is 0.0738 e. The zero-order chi connectivity index (χ0) is 13.7. The molecule has 0 saturated heterocycles. The van der Waals surface area contributed by atoms with Gasteiger partial charge in [0.15, 0.2) is 0 Å². The molecule has 0 amide bonds. The summed E-state index contributed by atoms with van der Waals surface area (Å²) in [6.45, 7) is 5.91. The molecular formula is C15H16N2O2. The second-order valence-corrected chi connectivity index (χ2v) is 4.14. The molecule has 0 aliphatic carbocycles. The number of hydrogen-bond donors (Lipinski definition) is 1. The van der Waals surface area contributed by atoms with Gasteiger partial charge in [-0.05, 0) is 24.6 Å². The molecule has 0 atom stereocenters. The first-order valence-electron chi connectivity index (χ1n) is 5.89. The molecule has 0 radical (unpaired) electrons. The number of rotatable bonds is 5. The van der Waals surface area contributed by atoms with Crippen LogP contribution in [-0.4, -0.2) is 12.1 Å². The molecule has 4 heteroatoms. The van der Waals surface area contributed by atoms with Gasteiger partial charge in [-0.3, -0.25) is 4.98 Å². The zero-order valence-electron chi connectivity index (χ0n) is 11.0. The van der Waals surface area contributed by atoms with E-state index in [1.807, 2.05) is 37.3 Å². The molecule has 1 aromatic carbocycles. The third-order valence-electron chi connectivity index (χ3n) is 2.68. The van der Waals surface area contributed by atoms with Crippen LogP contribution in [-0.2, 0) is 9.88 Å². The fourth-order valence-electron chi connectivity index (χ4n) is 1.67. The summed E-state index contributed by atoms with van der Waals surface area (Å²) in [4.78, 5) is 13.5. The summed E-state index contributed by atoms with van der Waals surface area (Å²) in [7, 11) is 1.44. The summed E-state index contributed by atoms with van der Waals surface area (Å²) >= 11 is 0. The minimum atomic E-state index is 0.774. The molecule has 4 nitrogen and oxygen atoms in total. The van der Waals surface area contributed by atoms with Crippen molar-refractivity contribution in [1.29, 1.82) is 0 Å². The van der Waals surface area contributed by atoms with Gasteiger partial charge in [0, 0.05) is 11.8 Å². The molecule has 0 unspecified atom stereocenters. The predicted molar refractivity (Wildman–Crippen MR) is 76.1 cm³/mol. The lowest BCUT2D eigenvalue weighted by Gasteiger charge is -2.06. The van der Waals surface area contributed by atoms with Crippen molar-refractivity contribution in [2.45, 2.75) is 6.92 Å². The minimum Gasteiger partial charge on any atom is -0.256 e. The largest absolute Gasteiger partial charge is 0.256 e. The standard InChI is InChI=1S/C15H16N2O2/c1-11(2)12-4-6-13(7-5-12)15-10-14(8-9-16-15)17-19-18-3/h4-10H,1H2,2-3H3,(H,16,17). The Kier molecular flexibility index (Phi) is 4.28. The lowest BCUT2D eigenvalue weighted by Crippen LogP contribution is -1.99. The van der Waals surface area contributed by atoms with E-state index in [1.54, 1.807) is 12.3 Å². The van der Waals surface area contributed by atoms with Gasteiger partial charge < -0.3 is 0 Å². The first-order valence-corrected chi connectivity index (χ1v) is 5.89. The number of aromatic nitrogens is 1. The smallest absolute Gasteiger partial charge is 0.0738 e. The molecule has 0 spiro atoms. The van der Waals surface area contributed by atoms with Crippen LogP contribution in [0.3, 0.4) is 0 Å². The number of pyridine rings is 1. The maximum atomic E-state index is 4.67. The van der Waals surface area contributed by atoms with Crippen molar-refractivity contribution in [2.24, 2.45) is 0 Å². The number of nitrogens with one attached hydrogen (secondary N) is 1. The van der Waals surface area contributed by atoms with Gasteiger partial charge in [0.05, 0.1) is 18.5 Å². The highest BCUT2D eigenvalue weighted by Crippen LogP contribution is 2.22. The molecule has 98 valence electrons. The van der Waals surface area contributed by atoms with Gasteiger partial charge in [0.2, 0.25) is 0 Å². The van der Waals surface area contributed by atoms with Crippen LogP contribution >= 0.6 is 0 Å². The van der Waals surface area contributed by atoms with Crippen LogP contribution in [0.25, 0.3) is 16.8 Å². The Morgan fingerprint density at radius 2 is 1.95 bits per heavy atom. The van der Waals surface area contributed by atoms with E-state index < -0.39 is 0 Å². The van der Waals surface area contributed by atoms with E-state index in [4.69, 9.17) is 0 Å². The van der Waals surface area contributed by atoms with Crippen LogP contribution in [0.4, 0.5) is 5.69 Å². The Morgan fingerprint density at radius 3 is 2.58 bits per heavy atom. The Hall–Kier alpha value is -2.17. The Bertz CT molecular complexity index is 565. The zero-order valence-corrected chi connectivity index (χ0v) is 11.0. The third-order valence-corrected chi connectivity index (χ3v) is 2.68. The van der Waals surface area contributed by atoms with Gasteiger partial charge in [0.1, 0.15) is 0 Å². The van der Waals surface area contributed by atoms with Crippen molar-refractivity contribution in [3.05, 3.63) is 54.7 Å². The van der Waals surface area contributed by atoms with Crippen molar-refractivity contribution >= 4 is 11.3 Å². The molecule has 1 N–H and O–H groups in total. The van der Waals surface area contributed by atoms with Crippen molar-refractivity contribution in [3.8, 4) is 11.3 Å². The first kappa shape index (κ1) is 13.3. The third kappa shape index (κ3) is 3.40. The molecule has 0 aliphatic rings. The lowest BCUT2D eigenvalue weighted by atomic mass is 10.0. The topological polar surface area (TPSA) is 43.4 Å².